The Morgan fingerprint density at radius 1 is 0.912 bits per heavy atom. The number of nitrogens with one attached hydrogen (secondary N) is 1. The fraction of sp³-hybridized carbons (Fsp3) is 0.269. The zero-order chi connectivity index (χ0) is 24.2. The number of rotatable bonds is 7. The maximum Gasteiger partial charge on any atom is 0.319 e. The van der Waals surface area contributed by atoms with Crippen LogP contribution in [0.25, 0.3) is 0 Å². The van der Waals surface area contributed by atoms with E-state index >= 15 is 0 Å². The number of fused-ring (bicyclic) bond motifs is 1. The number of benzene rings is 3. The number of hydrogen-bond donors (Lipinski definition) is 1. The quantitative estimate of drug-likeness (QED) is 0.426. The highest BCUT2D eigenvalue weighted by molar-refractivity contribution is 9.10. The van der Waals surface area contributed by atoms with E-state index in [0.717, 1.165) is 26.9 Å². The summed E-state index contributed by atoms with van der Waals surface area (Å²) in [4.78, 5) is 14.7. The average molecular weight is 527 g/mol. The van der Waals surface area contributed by atoms with Crippen LogP contribution >= 0.6 is 15.9 Å². The van der Waals surface area contributed by atoms with Gasteiger partial charge in [0.25, 0.3) is 0 Å². The number of ether oxygens (including phenoxy) is 4. The molecule has 0 amide bonds. The van der Waals surface area contributed by atoms with Crippen LogP contribution in [-0.2, 0) is 9.53 Å². The van der Waals surface area contributed by atoms with E-state index < -0.39 is 0 Å². The molecule has 3 aromatic rings. The average Bonchev–Trinajstić information content (AvgIpc) is 2.87. The summed E-state index contributed by atoms with van der Waals surface area (Å²) in [5.41, 5.74) is 3.93. The standard InChI is InChI=1S/C26H27BrN2O5/c1-31-21-12-17(13-22(32-2)25(21)34-4)26-28-20-11-10-18(27)14-19(20)24(16-8-6-5-7-9-16)29(26)15-23(30)33-3/h5-14,24,26,28H,15H2,1-4H3/t24-,26-/m0/s1. The van der Waals surface area contributed by atoms with Crippen molar-refractivity contribution < 1.29 is 23.7 Å². The van der Waals surface area contributed by atoms with Crippen molar-refractivity contribution in [2.24, 2.45) is 0 Å². The van der Waals surface area contributed by atoms with Gasteiger partial charge in [-0.3, -0.25) is 9.69 Å². The van der Waals surface area contributed by atoms with Crippen LogP contribution in [0.15, 0.2) is 65.1 Å². The van der Waals surface area contributed by atoms with Crippen molar-refractivity contribution in [3.8, 4) is 17.2 Å². The molecule has 8 heteroatoms. The van der Waals surface area contributed by atoms with Crippen LogP contribution in [0.1, 0.15) is 28.9 Å². The number of nitrogens with zero attached hydrogens (tertiary/aromatic N) is 1. The summed E-state index contributed by atoms with van der Waals surface area (Å²) in [5.74, 6) is 1.25. The number of carbonyl (C=O) groups excluding carboxylic acids is 1. The highest BCUT2D eigenvalue weighted by Gasteiger charge is 2.38. The largest absolute Gasteiger partial charge is 0.493 e. The molecule has 0 saturated heterocycles. The summed E-state index contributed by atoms with van der Waals surface area (Å²) in [6, 6.07) is 19.8. The minimum absolute atomic E-state index is 0.0658. The Morgan fingerprint density at radius 3 is 2.18 bits per heavy atom. The van der Waals surface area contributed by atoms with Crippen molar-refractivity contribution in [3.05, 3.63) is 81.8 Å². The number of halogens is 1. The topological polar surface area (TPSA) is 69.3 Å². The highest BCUT2D eigenvalue weighted by atomic mass is 79.9. The first-order valence-electron chi connectivity index (χ1n) is 10.7. The summed E-state index contributed by atoms with van der Waals surface area (Å²) >= 11 is 3.60. The third kappa shape index (κ3) is 4.56. The molecule has 7 nitrogen and oxygen atoms in total. The molecule has 0 radical (unpaired) electrons. The second kappa shape index (κ2) is 10.4. The molecule has 0 bridgehead atoms. The molecule has 1 aliphatic rings. The molecule has 0 unspecified atom stereocenters. The lowest BCUT2D eigenvalue weighted by atomic mass is 9.91. The third-order valence-corrected chi connectivity index (χ3v) is 6.41. The molecule has 0 aliphatic carbocycles. The monoisotopic (exact) mass is 526 g/mol. The van der Waals surface area contributed by atoms with E-state index in [9.17, 15) is 4.79 Å². The smallest absolute Gasteiger partial charge is 0.319 e. The molecule has 4 rings (SSSR count). The molecular formula is C26H27BrN2O5. The zero-order valence-electron chi connectivity index (χ0n) is 19.5. The molecule has 3 aromatic carbocycles. The molecule has 1 heterocycles. The predicted molar refractivity (Wildman–Crippen MR) is 134 cm³/mol. The first-order valence-corrected chi connectivity index (χ1v) is 11.5. The van der Waals surface area contributed by atoms with Crippen LogP contribution in [0.4, 0.5) is 5.69 Å². The lowest BCUT2D eigenvalue weighted by molar-refractivity contribution is -0.143. The van der Waals surface area contributed by atoms with Gasteiger partial charge >= 0.3 is 5.97 Å². The third-order valence-electron chi connectivity index (χ3n) is 5.92. The molecular weight excluding hydrogens is 500 g/mol. The summed E-state index contributed by atoms with van der Waals surface area (Å²) in [6.45, 7) is 0.0658. The predicted octanol–water partition coefficient (Wildman–Crippen LogP) is 5.16. The van der Waals surface area contributed by atoms with E-state index in [1.807, 2.05) is 42.5 Å². The van der Waals surface area contributed by atoms with Gasteiger partial charge in [-0.15, -0.1) is 0 Å². The van der Waals surface area contributed by atoms with E-state index in [0.29, 0.717) is 17.2 Å². The highest BCUT2D eigenvalue weighted by Crippen LogP contribution is 2.47. The molecule has 1 N–H and O–H groups in total. The van der Waals surface area contributed by atoms with Crippen molar-refractivity contribution in [2.45, 2.75) is 12.2 Å². The van der Waals surface area contributed by atoms with Gasteiger partial charge in [0.15, 0.2) is 11.5 Å². The Bertz CT molecular complexity index is 1150. The van der Waals surface area contributed by atoms with Crippen LogP contribution < -0.4 is 19.5 Å². The minimum Gasteiger partial charge on any atom is -0.493 e. The molecule has 34 heavy (non-hydrogen) atoms. The molecule has 2 atom stereocenters. The van der Waals surface area contributed by atoms with Crippen molar-refractivity contribution in [1.29, 1.82) is 0 Å². The van der Waals surface area contributed by atoms with Crippen molar-refractivity contribution >= 4 is 27.6 Å². The second-order valence-electron chi connectivity index (χ2n) is 7.80. The Kier molecular flexibility index (Phi) is 7.29. The SMILES string of the molecule is COC(=O)CN1[C@@H](c2ccccc2)c2cc(Br)ccc2N[C@@H]1c1cc(OC)c(OC)c(OC)c1. The number of esters is 1. The summed E-state index contributed by atoms with van der Waals surface area (Å²) in [5, 5.41) is 3.61. The Labute approximate surface area is 207 Å². The number of carbonyl (C=O) groups is 1. The normalized spacial score (nSPS) is 17.3. The molecule has 0 fully saturated rings. The van der Waals surface area contributed by atoms with Crippen LogP contribution in [0.3, 0.4) is 0 Å². The maximum absolute atomic E-state index is 12.6. The van der Waals surface area contributed by atoms with Gasteiger partial charge in [0.05, 0.1) is 41.0 Å². The molecule has 0 spiro atoms. The molecule has 0 saturated carbocycles. The lowest BCUT2D eigenvalue weighted by Crippen LogP contribution is -2.44. The summed E-state index contributed by atoms with van der Waals surface area (Å²) in [7, 11) is 6.14. The van der Waals surface area contributed by atoms with Crippen LogP contribution in [0, 0.1) is 0 Å². The van der Waals surface area contributed by atoms with Gasteiger partial charge in [-0.05, 0) is 47.0 Å². The maximum atomic E-state index is 12.6. The van der Waals surface area contributed by atoms with Gasteiger partial charge in [0.1, 0.15) is 6.17 Å². The van der Waals surface area contributed by atoms with E-state index in [2.05, 4.69) is 44.3 Å². The van der Waals surface area contributed by atoms with Gasteiger partial charge in [-0.2, -0.15) is 0 Å². The van der Waals surface area contributed by atoms with Gasteiger partial charge in [-0.25, -0.2) is 0 Å². The van der Waals surface area contributed by atoms with Gasteiger partial charge in [-0.1, -0.05) is 46.3 Å². The summed E-state index contributed by atoms with van der Waals surface area (Å²) in [6.07, 6.45) is -0.383. The van der Waals surface area contributed by atoms with Gasteiger partial charge < -0.3 is 24.3 Å². The Balaban J connectivity index is 1.93. The van der Waals surface area contributed by atoms with Crippen LogP contribution in [0.2, 0.25) is 0 Å². The van der Waals surface area contributed by atoms with Crippen molar-refractivity contribution in [3.63, 3.8) is 0 Å². The molecule has 1 aliphatic heterocycles. The molecule has 0 aromatic heterocycles. The number of hydrogen-bond acceptors (Lipinski definition) is 7. The van der Waals surface area contributed by atoms with E-state index in [1.165, 1.54) is 7.11 Å². The van der Waals surface area contributed by atoms with Crippen LogP contribution in [0.5, 0.6) is 17.2 Å². The Morgan fingerprint density at radius 2 is 1.59 bits per heavy atom. The van der Waals surface area contributed by atoms with Crippen molar-refractivity contribution in [1.82, 2.24) is 4.90 Å². The Hall–Kier alpha value is -3.23. The molecule has 178 valence electrons. The zero-order valence-corrected chi connectivity index (χ0v) is 21.1. The fourth-order valence-corrected chi connectivity index (χ4v) is 4.76. The number of methoxy groups -OCH3 is 4. The lowest BCUT2D eigenvalue weighted by Gasteiger charge is -2.44. The summed E-state index contributed by atoms with van der Waals surface area (Å²) < 4.78 is 22.7. The van der Waals surface area contributed by atoms with Crippen molar-refractivity contribution in [2.75, 3.05) is 40.3 Å². The fourth-order valence-electron chi connectivity index (χ4n) is 4.39. The first kappa shape index (κ1) is 23.9. The van der Waals surface area contributed by atoms with Crippen LogP contribution in [-0.4, -0.2) is 45.9 Å². The minimum atomic E-state index is -0.383. The van der Waals surface area contributed by atoms with E-state index in [1.54, 1.807) is 21.3 Å². The van der Waals surface area contributed by atoms with E-state index in [4.69, 9.17) is 18.9 Å². The van der Waals surface area contributed by atoms with Gasteiger partial charge in [0.2, 0.25) is 5.75 Å². The first-order chi connectivity index (χ1) is 16.5. The van der Waals surface area contributed by atoms with Gasteiger partial charge in [0, 0.05) is 10.2 Å². The number of anilines is 1. The second-order valence-corrected chi connectivity index (χ2v) is 8.71. The van der Waals surface area contributed by atoms with E-state index in [-0.39, 0.29) is 24.7 Å².